The van der Waals surface area contributed by atoms with Gasteiger partial charge in [0.15, 0.2) is 0 Å². The van der Waals surface area contributed by atoms with Crippen LogP contribution >= 0.6 is 0 Å². The van der Waals surface area contributed by atoms with Gasteiger partial charge in [0.1, 0.15) is 10.7 Å². The maximum Gasteiger partial charge on any atom is 0.256 e. The minimum absolute atomic E-state index is 0.336. The number of morpholine rings is 1. The molecule has 1 heterocycles. The first-order valence-electron chi connectivity index (χ1n) is 6.31. The van der Waals surface area contributed by atoms with Gasteiger partial charge in [-0.05, 0) is 24.7 Å². The summed E-state index contributed by atoms with van der Waals surface area (Å²) in [6.07, 6.45) is 0. The van der Waals surface area contributed by atoms with Crippen LogP contribution in [-0.2, 0) is 21.3 Å². The van der Waals surface area contributed by atoms with E-state index in [-0.39, 0.29) is 4.90 Å². The van der Waals surface area contributed by atoms with Gasteiger partial charge in [-0.1, -0.05) is 6.07 Å². The van der Waals surface area contributed by atoms with Gasteiger partial charge in [-0.15, -0.1) is 4.83 Å². The maximum atomic E-state index is 13.8. The molecule has 8 heteroatoms. The van der Waals surface area contributed by atoms with E-state index in [0.29, 0.717) is 38.4 Å². The van der Waals surface area contributed by atoms with Crippen molar-refractivity contribution in [2.24, 2.45) is 0 Å². The molecule has 1 aromatic carbocycles. The highest BCUT2D eigenvalue weighted by atomic mass is 32.2. The molecule has 0 saturated carbocycles. The number of nitrogens with zero attached hydrogens (tertiary/aromatic N) is 1. The largest absolute Gasteiger partial charge is 0.379 e. The van der Waals surface area contributed by atoms with Gasteiger partial charge in [0.2, 0.25) is 0 Å². The van der Waals surface area contributed by atoms with Crippen molar-refractivity contribution in [3.05, 3.63) is 29.6 Å². The fourth-order valence-corrected chi connectivity index (χ4v) is 3.19. The lowest BCUT2D eigenvalue weighted by Crippen LogP contribution is -2.48. The van der Waals surface area contributed by atoms with Crippen molar-refractivity contribution in [2.45, 2.75) is 11.4 Å². The number of ether oxygens (including phenoxy) is 1. The Morgan fingerprint density at radius 2 is 2.05 bits per heavy atom. The Bertz CT molecular complexity index is 559. The summed E-state index contributed by atoms with van der Waals surface area (Å²) in [7, 11) is -2.17. The molecule has 2 rings (SSSR count). The molecule has 0 atom stereocenters. The van der Waals surface area contributed by atoms with Crippen LogP contribution in [0.25, 0.3) is 0 Å². The first-order valence-corrected chi connectivity index (χ1v) is 7.79. The summed E-state index contributed by atoms with van der Waals surface area (Å²) in [4.78, 5) is 2.05. The summed E-state index contributed by atoms with van der Waals surface area (Å²) in [5.74, 6) is -0.759. The summed E-state index contributed by atoms with van der Waals surface area (Å²) in [6, 6.07) is 4.06. The molecule has 0 bridgehead atoms. The fourth-order valence-electron chi connectivity index (χ4n) is 1.94. The number of hydrogen-bond acceptors (Lipinski definition) is 5. The summed E-state index contributed by atoms with van der Waals surface area (Å²) >= 11 is 0. The molecule has 0 spiro atoms. The Labute approximate surface area is 117 Å². The van der Waals surface area contributed by atoms with Crippen LogP contribution in [-0.4, -0.2) is 46.8 Å². The van der Waals surface area contributed by atoms with Crippen molar-refractivity contribution in [1.29, 1.82) is 0 Å². The van der Waals surface area contributed by atoms with Crippen LogP contribution in [0.2, 0.25) is 0 Å². The molecule has 2 N–H and O–H groups in total. The molecule has 0 radical (unpaired) electrons. The van der Waals surface area contributed by atoms with Gasteiger partial charge >= 0.3 is 0 Å². The average Bonchev–Trinajstić information content (AvgIpc) is 2.42. The van der Waals surface area contributed by atoms with E-state index in [1.807, 2.05) is 0 Å². The zero-order chi connectivity index (χ0) is 14.6. The number of sulfonamides is 1. The van der Waals surface area contributed by atoms with Gasteiger partial charge in [0, 0.05) is 19.6 Å². The molecule has 0 aliphatic carbocycles. The topological polar surface area (TPSA) is 70.7 Å². The molecule has 20 heavy (non-hydrogen) atoms. The first kappa shape index (κ1) is 15.3. The highest BCUT2D eigenvalue weighted by Gasteiger charge is 2.23. The van der Waals surface area contributed by atoms with Crippen LogP contribution in [0.3, 0.4) is 0 Å². The van der Waals surface area contributed by atoms with Crippen molar-refractivity contribution in [1.82, 2.24) is 15.2 Å². The molecule has 1 saturated heterocycles. The van der Waals surface area contributed by atoms with E-state index in [9.17, 15) is 12.8 Å². The Morgan fingerprint density at radius 3 is 2.70 bits per heavy atom. The number of halogens is 1. The lowest BCUT2D eigenvalue weighted by atomic mass is 10.2. The molecule has 0 aromatic heterocycles. The van der Waals surface area contributed by atoms with Gasteiger partial charge in [0.05, 0.1) is 13.2 Å². The van der Waals surface area contributed by atoms with Gasteiger partial charge in [-0.3, -0.25) is 0 Å². The smallest absolute Gasteiger partial charge is 0.256 e. The third kappa shape index (κ3) is 3.74. The minimum Gasteiger partial charge on any atom is -0.379 e. The lowest BCUT2D eigenvalue weighted by molar-refractivity contribution is 0.0272. The summed E-state index contributed by atoms with van der Waals surface area (Å²) in [5, 5.41) is 4.42. The van der Waals surface area contributed by atoms with E-state index in [0.717, 1.165) is 0 Å². The lowest BCUT2D eigenvalue weighted by Gasteiger charge is -2.26. The number of hydrogen-bond donors (Lipinski definition) is 2. The minimum atomic E-state index is -3.91. The van der Waals surface area contributed by atoms with Crippen molar-refractivity contribution in [3.8, 4) is 0 Å². The second kappa shape index (κ2) is 6.59. The predicted molar refractivity (Wildman–Crippen MR) is 71.9 cm³/mol. The third-order valence-electron chi connectivity index (χ3n) is 2.93. The molecular weight excluding hydrogens is 285 g/mol. The number of hydrazine groups is 1. The SMILES string of the molecule is CNCc1ccc(F)c(S(=O)(=O)NN2CCOCC2)c1. The third-order valence-corrected chi connectivity index (χ3v) is 4.32. The Morgan fingerprint density at radius 1 is 1.35 bits per heavy atom. The molecule has 112 valence electrons. The van der Waals surface area contributed by atoms with E-state index in [1.165, 1.54) is 17.1 Å². The van der Waals surface area contributed by atoms with E-state index in [1.54, 1.807) is 13.1 Å². The standard InChI is InChI=1S/C12H18FN3O3S/c1-14-9-10-2-3-11(13)12(8-10)20(17,18)15-16-4-6-19-7-5-16/h2-3,8,14-15H,4-7,9H2,1H3. The molecular formula is C12H18FN3O3S. The van der Waals surface area contributed by atoms with Crippen LogP contribution in [0, 0.1) is 5.82 Å². The Kier molecular flexibility index (Phi) is 5.06. The van der Waals surface area contributed by atoms with E-state index in [2.05, 4.69) is 10.1 Å². The van der Waals surface area contributed by atoms with Crippen molar-refractivity contribution in [3.63, 3.8) is 0 Å². The summed E-state index contributed by atoms with van der Waals surface area (Å²) in [5.41, 5.74) is 0.705. The zero-order valence-electron chi connectivity index (χ0n) is 11.2. The molecule has 0 amide bonds. The Balaban J connectivity index is 2.21. The molecule has 1 fully saturated rings. The number of nitrogens with one attached hydrogen (secondary N) is 2. The van der Waals surface area contributed by atoms with Crippen molar-refractivity contribution in [2.75, 3.05) is 33.4 Å². The van der Waals surface area contributed by atoms with Crippen LogP contribution < -0.4 is 10.1 Å². The zero-order valence-corrected chi connectivity index (χ0v) is 12.0. The summed E-state index contributed by atoms with van der Waals surface area (Å²) in [6.45, 7) is 2.25. The predicted octanol–water partition coefficient (Wildman–Crippen LogP) is 0.0706. The highest BCUT2D eigenvalue weighted by Crippen LogP contribution is 2.17. The van der Waals surface area contributed by atoms with Crippen molar-refractivity contribution >= 4 is 10.0 Å². The molecule has 1 aliphatic heterocycles. The van der Waals surface area contributed by atoms with E-state index < -0.39 is 15.8 Å². The molecule has 1 aromatic rings. The van der Waals surface area contributed by atoms with E-state index in [4.69, 9.17) is 4.74 Å². The van der Waals surface area contributed by atoms with Gasteiger partial charge in [-0.25, -0.2) is 17.8 Å². The Hall–Kier alpha value is -1.06. The first-order chi connectivity index (χ1) is 9.53. The van der Waals surface area contributed by atoms with Crippen LogP contribution in [0.5, 0.6) is 0 Å². The van der Waals surface area contributed by atoms with Gasteiger partial charge < -0.3 is 10.1 Å². The quantitative estimate of drug-likeness (QED) is 0.805. The average molecular weight is 303 g/mol. The monoisotopic (exact) mass is 303 g/mol. The molecule has 6 nitrogen and oxygen atoms in total. The highest BCUT2D eigenvalue weighted by molar-refractivity contribution is 7.89. The second-order valence-corrected chi connectivity index (χ2v) is 6.12. The fraction of sp³-hybridized carbons (Fsp3) is 0.500. The van der Waals surface area contributed by atoms with E-state index >= 15 is 0 Å². The summed E-state index contributed by atoms with van der Waals surface area (Å²) < 4.78 is 43.4. The second-order valence-electron chi connectivity index (χ2n) is 4.49. The number of benzene rings is 1. The van der Waals surface area contributed by atoms with Gasteiger partial charge in [-0.2, -0.15) is 0 Å². The molecule has 1 aliphatic rings. The molecule has 0 unspecified atom stereocenters. The van der Waals surface area contributed by atoms with Crippen LogP contribution in [0.1, 0.15) is 5.56 Å². The van der Waals surface area contributed by atoms with Gasteiger partial charge in [0.25, 0.3) is 10.0 Å². The van der Waals surface area contributed by atoms with Crippen LogP contribution in [0.4, 0.5) is 4.39 Å². The van der Waals surface area contributed by atoms with Crippen molar-refractivity contribution < 1.29 is 17.5 Å². The normalized spacial score (nSPS) is 17.3. The maximum absolute atomic E-state index is 13.8. The number of rotatable bonds is 5. The van der Waals surface area contributed by atoms with Crippen LogP contribution in [0.15, 0.2) is 23.1 Å².